The van der Waals surface area contributed by atoms with Crippen LogP contribution >= 0.6 is 31.9 Å². The molecule has 0 heterocycles. The van der Waals surface area contributed by atoms with Crippen LogP contribution in [0.15, 0.2) is 56.3 Å². The Balaban J connectivity index is 2.24. The zero-order valence-electron chi connectivity index (χ0n) is 9.52. The Morgan fingerprint density at radius 2 is 1.56 bits per heavy atom. The third-order valence-corrected chi connectivity index (χ3v) is 4.52. The molecule has 1 unspecified atom stereocenters. The first-order valence-electron chi connectivity index (χ1n) is 5.18. The average Bonchev–Trinajstić information content (AvgIpc) is 2.34. The third-order valence-electron chi connectivity index (χ3n) is 2.29. The van der Waals surface area contributed by atoms with Crippen LogP contribution in [0, 0.1) is 6.92 Å². The molecule has 0 aromatic heterocycles. The lowest BCUT2D eigenvalue weighted by atomic mass is 10.2. The summed E-state index contributed by atoms with van der Waals surface area (Å²) in [5.74, 6) is 0.538. The van der Waals surface area contributed by atoms with Crippen LogP contribution in [0.4, 0.5) is 0 Å². The van der Waals surface area contributed by atoms with Crippen molar-refractivity contribution in [3.05, 3.63) is 57.0 Å². The standard InChI is InChI=1S/C13H10Br2O2S/c1-9-5-7-10(8-6-9)18(16)17-13-11(14)3-2-4-12(13)15/h2-8H,1H3. The Labute approximate surface area is 125 Å². The van der Waals surface area contributed by atoms with Crippen LogP contribution in [-0.4, -0.2) is 4.21 Å². The average molecular weight is 390 g/mol. The molecule has 94 valence electrons. The summed E-state index contributed by atoms with van der Waals surface area (Å²) in [5, 5.41) is 0. The number of benzene rings is 2. The summed E-state index contributed by atoms with van der Waals surface area (Å²) in [6.45, 7) is 1.98. The molecule has 2 rings (SSSR count). The van der Waals surface area contributed by atoms with Crippen LogP contribution in [0.1, 0.15) is 5.56 Å². The normalized spacial score (nSPS) is 12.2. The van der Waals surface area contributed by atoms with E-state index >= 15 is 0 Å². The second-order valence-electron chi connectivity index (χ2n) is 3.68. The minimum Gasteiger partial charge on any atom is -0.395 e. The molecule has 0 fully saturated rings. The van der Waals surface area contributed by atoms with E-state index in [-0.39, 0.29) is 0 Å². The maximum atomic E-state index is 12.1. The minimum atomic E-state index is -1.52. The van der Waals surface area contributed by atoms with Crippen molar-refractivity contribution >= 4 is 42.9 Å². The van der Waals surface area contributed by atoms with Gasteiger partial charge in [-0.25, -0.2) is 4.21 Å². The number of halogens is 2. The fourth-order valence-electron chi connectivity index (χ4n) is 1.34. The summed E-state index contributed by atoms with van der Waals surface area (Å²) in [7, 11) is 0. The van der Waals surface area contributed by atoms with E-state index in [4.69, 9.17) is 4.18 Å². The van der Waals surface area contributed by atoms with Gasteiger partial charge in [0.15, 0.2) is 5.75 Å². The van der Waals surface area contributed by atoms with Gasteiger partial charge in [-0.1, -0.05) is 23.8 Å². The first-order chi connectivity index (χ1) is 8.58. The van der Waals surface area contributed by atoms with Crippen molar-refractivity contribution < 1.29 is 8.39 Å². The van der Waals surface area contributed by atoms with E-state index in [1.54, 1.807) is 12.1 Å². The van der Waals surface area contributed by atoms with Crippen molar-refractivity contribution in [3.63, 3.8) is 0 Å². The molecule has 0 aliphatic heterocycles. The molecule has 0 aliphatic rings. The van der Waals surface area contributed by atoms with Gasteiger partial charge in [0.05, 0.1) is 13.8 Å². The molecule has 0 saturated heterocycles. The lowest BCUT2D eigenvalue weighted by Gasteiger charge is -2.08. The molecule has 1 atom stereocenters. The third kappa shape index (κ3) is 3.22. The van der Waals surface area contributed by atoms with Crippen LogP contribution in [0.2, 0.25) is 0 Å². The van der Waals surface area contributed by atoms with Crippen LogP contribution in [0.5, 0.6) is 5.75 Å². The highest BCUT2D eigenvalue weighted by atomic mass is 79.9. The summed E-state index contributed by atoms with van der Waals surface area (Å²) < 4.78 is 19.1. The molecule has 18 heavy (non-hydrogen) atoms. The summed E-state index contributed by atoms with van der Waals surface area (Å²) in [6, 6.07) is 13.0. The number of hydrogen-bond acceptors (Lipinski definition) is 2. The zero-order chi connectivity index (χ0) is 13.1. The largest absolute Gasteiger partial charge is 0.395 e. The second-order valence-corrected chi connectivity index (χ2v) is 6.50. The fraction of sp³-hybridized carbons (Fsp3) is 0.0769. The highest BCUT2D eigenvalue weighted by Gasteiger charge is 2.12. The maximum absolute atomic E-state index is 12.1. The molecule has 0 saturated carbocycles. The van der Waals surface area contributed by atoms with Crippen LogP contribution in [0.3, 0.4) is 0 Å². The minimum absolute atomic E-state index is 0.538. The molecular formula is C13H10Br2O2S. The van der Waals surface area contributed by atoms with Crippen molar-refractivity contribution in [2.24, 2.45) is 0 Å². The van der Waals surface area contributed by atoms with E-state index in [0.29, 0.717) is 10.6 Å². The molecule has 0 bridgehead atoms. The Hall–Kier alpha value is -0.650. The SMILES string of the molecule is Cc1ccc(S(=O)Oc2c(Br)cccc2Br)cc1. The molecule has 0 spiro atoms. The molecule has 0 aliphatic carbocycles. The Morgan fingerprint density at radius 3 is 2.11 bits per heavy atom. The van der Waals surface area contributed by atoms with Gasteiger partial charge in [0.2, 0.25) is 11.1 Å². The number of aryl methyl sites for hydroxylation is 1. The van der Waals surface area contributed by atoms with Crippen molar-refractivity contribution in [3.8, 4) is 5.75 Å². The van der Waals surface area contributed by atoms with Crippen LogP contribution < -0.4 is 4.18 Å². The Morgan fingerprint density at radius 1 is 1.00 bits per heavy atom. The summed E-state index contributed by atoms with van der Waals surface area (Å²) in [5.41, 5.74) is 1.12. The van der Waals surface area contributed by atoms with Gasteiger partial charge >= 0.3 is 0 Å². The van der Waals surface area contributed by atoms with E-state index in [1.165, 1.54) is 0 Å². The van der Waals surface area contributed by atoms with Crippen molar-refractivity contribution in [2.45, 2.75) is 11.8 Å². The van der Waals surface area contributed by atoms with Gasteiger partial charge in [-0.05, 0) is 63.0 Å². The Bertz CT molecular complexity index is 562. The van der Waals surface area contributed by atoms with Gasteiger partial charge in [0.1, 0.15) is 0 Å². The van der Waals surface area contributed by atoms with Crippen molar-refractivity contribution in [2.75, 3.05) is 0 Å². The molecule has 0 amide bonds. The van der Waals surface area contributed by atoms with Gasteiger partial charge in [0, 0.05) is 0 Å². The molecule has 2 nitrogen and oxygen atoms in total. The fourth-order valence-corrected chi connectivity index (χ4v) is 3.50. The molecular weight excluding hydrogens is 380 g/mol. The van der Waals surface area contributed by atoms with Crippen LogP contribution in [0.25, 0.3) is 0 Å². The lowest BCUT2D eigenvalue weighted by molar-refractivity contribution is 0.557. The highest BCUT2D eigenvalue weighted by Crippen LogP contribution is 2.34. The van der Waals surface area contributed by atoms with Crippen molar-refractivity contribution in [1.82, 2.24) is 0 Å². The summed E-state index contributed by atoms with van der Waals surface area (Å²) >= 11 is 5.22. The van der Waals surface area contributed by atoms with E-state index < -0.39 is 11.1 Å². The predicted molar refractivity (Wildman–Crippen MR) is 80.1 cm³/mol. The first-order valence-corrected chi connectivity index (χ1v) is 7.85. The van der Waals surface area contributed by atoms with Gasteiger partial charge in [-0.15, -0.1) is 0 Å². The molecule has 2 aromatic carbocycles. The topological polar surface area (TPSA) is 26.3 Å². The monoisotopic (exact) mass is 388 g/mol. The first kappa shape index (κ1) is 13.8. The van der Waals surface area contributed by atoms with Gasteiger partial charge in [-0.3, -0.25) is 0 Å². The van der Waals surface area contributed by atoms with Crippen molar-refractivity contribution in [1.29, 1.82) is 0 Å². The quantitative estimate of drug-likeness (QED) is 0.765. The summed E-state index contributed by atoms with van der Waals surface area (Å²) in [4.78, 5) is 0.642. The van der Waals surface area contributed by atoms with E-state index in [2.05, 4.69) is 31.9 Å². The molecule has 0 radical (unpaired) electrons. The second kappa shape index (κ2) is 5.99. The smallest absolute Gasteiger partial charge is 0.240 e. The summed E-state index contributed by atoms with van der Waals surface area (Å²) in [6.07, 6.45) is 0. The number of para-hydroxylation sites is 1. The van der Waals surface area contributed by atoms with Gasteiger partial charge in [-0.2, -0.15) is 0 Å². The van der Waals surface area contributed by atoms with E-state index in [9.17, 15) is 4.21 Å². The number of rotatable bonds is 3. The lowest BCUT2D eigenvalue weighted by Crippen LogP contribution is -2.02. The van der Waals surface area contributed by atoms with Gasteiger partial charge < -0.3 is 4.18 Å². The molecule has 5 heteroatoms. The number of hydrogen-bond donors (Lipinski definition) is 0. The van der Waals surface area contributed by atoms with E-state index in [1.807, 2.05) is 37.3 Å². The Kier molecular flexibility index (Phi) is 4.59. The predicted octanol–water partition coefficient (Wildman–Crippen LogP) is 4.62. The molecule has 2 aromatic rings. The highest BCUT2D eigenvalue weighted by molar-refractivity contribution is 9.11. The van der Waals surface area contributed by atoms with Crippen LogP contribution in [-0.2, 0) is 11.1 Å². The van der Waals surface area contributed by atoms with Gasteiger partial charge in [0.25, 0.3) is 0 Å². The molecule has 0 N–H and O–H groups in total. The van der Waals surface area contributed by atoms with E-state index in [0.717, 1.165) is 14.5 Å². The zero-order valence-corrected chi connectivity index (χ0v) is 13.5. The maximum Gasteiger partial charge on any atom is 0.240 e.